The van der Waals surface area contributed by atoms with Crippen LogP contribution in [0, 0.1) is 6.92 Å². The molecule has 0 aliphatic rings. The molecule has 4 nitrogen and oxygen atoms in total. The van der Waals surface area contributed by atoms with Gasteiger partial charge >= 0.3 is 0 Å². The van der Waals surface area contributed by atoms with Gasteiger partial charge in [-0.1, -0.05) is 29.8 Å². The molecule has 0 saturated carbocycles. The van der Waals surface area contributed by atoms with Crippen molar-refractivity contribution in [2.45, 2.75) is 19.8 Å². The van der Waals surface area contributed by atoms with Crippen LogP contribution in [0.4, 0.5) is 0 Å². The lowest BCUT2D eigenvalue weighted by Crippen LogP contribution is -2.42. The highest BCUT2D eigenvalue weighted by molar-refractivity contribution is 6.27. The molecule has 1 aromatic carbocycles. The van der Waals surface area contributed by atoms with Gasteiger partial charge in [-0.25, -0.2) is 0 Å². The highest BCUT2D eigenvalue weighted by atomic mass is 35.5. The van der Waals surface area contributed by atoms with Crippen LogP contribution < -0.4 is 10.9 Å². The van der Waals surface area contributed by atoms with Crippen molar-refractivity contribution in [3.63, 3.8) is 0 Å². The molecule has 17 heavy (non-hydrogen) atoms. The van der Waals surface area contributed by atoms with Crippen molar-refractivity contribution in [2.75, 3.05) is 5.88 Å². The Morgan fingerprint density at radius 3 is 2.29 bits per heavy atom. The number of nitrogens with one attached hydrogen (secondary N) is 2. The van der Waals surface area contributed by atoms with Gasteiger partial charge in [-0.3, -0.25) is 20.4 Å². The minimum atomic E-state index is -0.421. The quantitative estimate of drug-likeness (QED) is 0.629. The molecule has 0 aromatic heterocycles. The topological polar surface area (TPSA) is 58.2 Å². The number of rotatable bonds is 4. The number of amides is 2. The van der Waals surface area contributed by atoms with Gasteiger partial charge in [0, 0.05) is 6.42 Å². The van der Waals surface area contributed by atoms with Crippen LogP contribution in [0.15, 0.2) is 24.3 Å². The van der Waals surface area contributed by atoms with Gasteiger partial charge in [0.05, 0.1) is 0 Å². The number of hydrogen-bond donors (Lipinski definition) is 2. The Kier molecular flexibility index (Phi) is 5.49. The summed E-state index contributed by atoms with van der Waals surface area (Å²) in [5.41, 5.74) is 6.78. The van der Waals surface area contributed by atoms with Crippen molar-refractivity contribution >= 4 is 23.4 Å². The van der Waals surface area contributed by atoms with Gasteiger partial charge in [-0.05, 0) is 18.9 Å². The fourth-order valence-corrected chi connectivity index (χ4v) is 1.31. The maximum atomic E-state index is 11.3. The number of halogens is 1. The van der Waals surface area contributed by atoms with Crippen LogP contribution in [0.1, 0.15) is 17.5 Å². The second-order valence-corrected chi connectivity index (χ2v) is 3.98. The molecular weight excluding hydrogens is 240 g/mol. The van der Waals surface area contributed by atoms with Crippen molar-refractivity contribution in [3.05, 3.63) is 35.4 Å². The maximum absolute atomic E-state index is 11.3. The van der Waals surface area contributed by atoms with E-state index in [4.69, 9.17) is 11.6 Å². The molecule has 2 amide bonds. The summed E-state index contributed by atoms with van der Waals surface area (Å²) in [7, 11) is 0. The molecule has 0 fully saturated rings. The van der Waals surface area contributed by atoms with E-state index >= 15 is 0 Å². The first kappa shape index (κ1) is 13.5. The Hall–Kier alpha value is -1.55. The third kappa shape index (κ3) is 5.36. The van der Waals surface area contributed by atoms with Gasteiger partial charge < -0.3 is 0 Å². The third-order valence-electron chi connectivity index (χ3n) is 2.22. The predicted molar refractivity (Wildman–Crippen MR) is 66.5 cm³/mol. The zero-order valence-electron chi connectivity index (χ0n) is 9.63. The lowest BCUT2D eigenvalue weighted by atomic mass is 10.1. The number of alkyl halides is 1. The van der Waals surface area contributed by atoms with Crippen LogP contribution in [-0.4, -0.2) is 17.7 Å². The predicted octanol–water partition coefficient (Wildman–Crippen LogP) is 1.31. The van der Waals surface area contributed by atoms with Crippen LogP contribution in [0.3, 0.4) is 0 Å². The van der Waals surface area contributed by atoms with Gasteiger partial charge in [-0.2, -0.15) is 0 Å². The Bertz CT molecular complexity index is 390. The smallest absolute Gasteiger partial charge is 0.253 e. The van der Waals surface area contributed by atoms with E-state index in [-0.39, 0.29) is 11.8 Å². The molecule has 1 aromatic rings. The maximum Gasteiger partial charge on any atom is 0.253 e. The van der Waals surface area contributed by atoms with Gasteiger partial charge in [0.1, 0.15) is 5.88 Å². The van der Waals surface area contributed by atoms with Crippen LogP contribution in [0.2, 0.25) is 0 Å². The number of carbonyl (C=O) groups is 2. The van der Waals surface area contributed by atoms with E-state index < -0.39 is 5.91 Å². The van der Waals surface area contributed by atoms with Crippen LogP contribution in [0.25, 0.3) is 0 Å². The van der Waals surface area contributed by atoms with Gasteiger partial charge in [0.2, 0.25) is 5.91 Å². The lowest BCUT2D eigenvalue weighted by molar-refractivity contribution is -0.127. The summed E-state index contributed by atoms with van der Waals surface area (Å²) in [5.74, 6) is -0.822. The summed E-state index contributed by atoms with van der Waals surface area (Å²) in [6, 6.07) is 7.98. The Balaban J connectivity index is 2.28. The van der Waals surface area contributed by atoms with Gasteiger partial charge in [0.25, 0.3) is 5.91 Å². The van der Waals surface area contributed by atoms with Crippen molar-refractivity contribution < 1.29 is 9.59 Å². The normalized spacial score (nSPS) is 9.76. The monoisotopic (exact) mass is 254 g/mol. The van der Waals surface area contributed by atoms with Crippen molar-refractivity contribution in [1.29, 1.82) is 0 Å². The molecule has 5 heteroatoms. The highest BCUT2D eigenvalue weighted by Crippen LogP contribution is 2.05. The minimum absolute atomic E-state index is 0.168. The fourth-order valence-electron chi connectivity index (χ4n) is 1.25. The molecule has 2 N–H and O–H groups in total. The second-order valence-electron chi connectivity index (χ2n) is 3.72. The molecule has 0 radical (unpaired) electrons. The summed E-state index contributed by atoms with van der Waals surface area (Å²) in [4.78, 5) is 22.1. The summed E-state index contributed by atoms with van der Waals surface area (Å²) in [6.45, 7) is 2.01. The Labute approximate surface area is 105 Å². The summed E-state index contributed by atoms with van der Waals surface area (Å²) in [5, 5.41) is 0. The van der Waals surface area contributed by atoms with Crippen molar-refractivity contribution in [1.82, 2.24) is 10.9 Å². The average Bonchev–Trinajstić information content (AvgIpc) is 2.35. The van der Waals surface area contributed by atoms with E-state index in [9.17, 15) is 9.59 Å². The van der Waals surface area contributed by atoms with E-state index in [1.165, 1.54) is 5.56 Å². The molecule has 92 valence electrons. The molecule has 0 atom stereocenters. The largest absolute Gasteiger partial charge is 0.273 e. The second kappa shape index (κ2) is 6.91. The van der Waals surface area contributed by atoms with Gasteiger partial charge in [-0.15, -0.1) is 11.6 Å². The number of aryl methyl sites for hydroxylation is 2. The molecule has 0 aliphatic carbocycles. The van der Waals surface area contributed by atoms with E-state index in [0.717, 1.165) is 5.56 Å². The molecule has 0 unspecified atom stereocenters. The van der Waals surface area contributed by atoms with E-state index in [1.807, 2.05) is 31.2 Å². The molecule has 0 spiro atoms. The summed E-state index contributed by atoms with van der Waals surface area (Å²) in [6.07, 6.45) is 0.967. The van der Waals surface area contributed by atoms with Crippen LogP contribution >= 0.6 is 11.6 Å². The molecular formula is C12H15ClN2O2. The van der Waals surface area contributed by atoms with Crippen molar-refractivity contribution in [2.24, 2.45) is 0 Å². The van der Waals surface area contributed by atoms with E-state index in [1.54, 1.807) is 0 Å². The fraction of sp³-hybridized carbons (Fsp3) is 0.333. The summed E-state index contributed by atoms with van der Waals surface area (Å²) >= 11 is 5.26. The number of hydrazine groups is 1. The SMILES string of the molecule is Cc1ccc(CCC(=O)NNC(=O)CCl)cc1. The zero-order valence-corrected chi connectivity index (χ0v) is 10.4. The molecule has 1 rings (SSSR count). The van der Waals surface area contributed by atoms with E-state index in [2.05, 4.69) is 10.9 Å². The Morgan fingerprint density at radius 2 is 1.71 bits per heavy atom. The molecule has 0 saturated heterocycles. The number of benzene rings is 1. The Morgan fingerprint density at radius 1 is 1.12 bits per heavy atom. The average molecular weight is 255 g/mol. The van der Waals surface area contributed by atoms with Crippen LogP contribution in [0.5, 0.6) is 0 Å². The minimum Gasteiger partial charge on any atom is -0.273 e. The van der Waals surface area contributed by atoms with Gasteiger partial charge in [0.15, 0.2) is 0 Å². The summed E-state index contributed by atoms with van der Waals surface area (Å²) < 4.78 is 0. The standard InChI is InChI=1S/C12H15ClN2O2/c1-9-2-4-10(5-3-9)6-7-11(16)14-15-12(17)8-13/h2-5H,6-8H2,1H3,(H,14,16)(H,15,17). The third-order valence-corrected chi connectivity index (χ3v) is 2.47. The molecule has 0 aliphatic heterocycles. The molecule has 0 heterocycles. The lowest BCUT2D eigenvalue weighted by Gasteiger charge is -2.05. The zero-order chi connectivity index (χ0) is 12.7. The first-order valence-electron chi connectivity index (χ1n) is 5.31. The van der Waals surface area contributed by atoms with Crippen molar-refractivity contribution in [3.8, 4) is 0 Å². The van der Waals surface area contributed by atoms with Crippen LogP contribution in [-0.2, 0) is 16.0 Å². The number of carbonyl (C=O) groups excluding carboxylic acids is 2. The first-order valence-corrected chi connectivity index (χ1v) is 5.84. The number of hydrogen-bond acceptors (Lipinski definition) is 2. The first-order chi connectivity index (χ1) is 8.11. The van der Waals surface area contributed by atoms with E-state index in [0.29, 0.717) is 12.8 Å². The highest BCUT2D eigenvalue weighted by Gasteiger charge is 2.03. The molecule has 0 bridgehead atoms.